The second kappa shape index (κ2) is 7.02. The molecule has 2 heterocycles. The highest BCUT2D eigenvalue weighted by atomic mass is 32.1. The molecule has 2 N–H and O–H groups in total. The molecule has 1 aromatic carbocycles. The predicted molar refractivity (Wildman–Crippen MR) is 94.0 cm³/mol. The zero-order chi connectivity index (χ0) is 16.2. The minimum atomic E-state index is -0.0500. The number of thiophene rings is 1. The van der Waals surface area contributed by atoms with Gasteiger partial charge in [-0.1, -0.05) is 6.07 Å². The number of benzene rings is 1. The fourth-order valence-electron chi connectivity index (χ4n) is 2.66. The maximum Gasteiger partial charge on any atom is 0.256 e. The molecule has 1 aliphatic rings. The SMILES string of the molecule is CN(Cc1cccs1)C(=O)c1cc(N2CCOCC2)ccc1N. The van der Waals surface area contributed by atoms with Crippen LogP contribution in [0.2, 0.25) is 0 Å². The van der Waals surface area contributed by atoms with Crippen molar-refractivity contribution >= 4 is 28.6 Å². The summed E-state index contributed by atoms with van der Waals surface area (Å²) in [6, 6.07) is 9.70. The Morgan fingerprint density at radius 1 is 1.35 bits per heavy atom. The molecule has 23 heavy (non-hydrogen) atoms. The molecule has 1 aliphatic heterocycles. The lowest BCUT2D eigenvalue weighted by atomic mass is 10.1. The minimum absolute atomic E-state index is 0.0500. The number of carbonyl (C=O) groups excluding carboxylic acids is 1. The van der Waals surface area contributed by atoms with Gasteiger partial charge in [0, 0.05) is 36.4 Å². The van der Waals surface area contributed by atoms with Crippen molar-refractivity contribution in [2.24, 2.45) is 0 Å². The van der Waals surface area contributed by atoms with Crippen LogP contribution in [-0.2, 0) is 11.3 Å². The van der Waals surface area contributed by atoms with Gasteiger partial charge in [-0.3, -0.25) is 4.79 Å². The number of anilines is 2. The number of rotatable bonds is 4. The van der Waals surface area contributed by atoms with Crippen molar-refractivity contribution < 1.29 is 9.53 Å². The topological polar surface area (TPSA) is 58.8 Å². The van der Waals surface area contributed by atoms with Crippen LogP contribution in [0.25, 0.3) is 0 Å². The molecule has 1 amide bonds. The second-order valence-electron chi connectivity index (χ2n) is 5.61. The highest BCUT2D eigenvalue weighted by molar-refractivity contribution is 7.09. The van der Waals surface area contributed by atoms with Gasteiger partial charge in [0.05, 0.1) is 25.3 Å². The normalized spacial score (nSPS) is 14.7. The van der Waals surface area contributed by atoms with Crippen molar-refractivity contribution in [3.63, 3.8) is 0 Å². The van der Waals surface area contributed by atoms with Crippen LogP contribution in [-0.4, -0.2) is 44.2 Å². The number of amides is 1. The van der Waals surface area contributed by atoms with Gasteiger partial charge in [-0.25, -0.2) is 0 Å². The first-order chi connectivity index (χ1) is 11.1. The summed E-state index contributed by atoms with van der Waals surface area (Å²) in [6.45, 7) is 3.70. The van der Waals surface area contributed by atoms with E-state index in [1.54, 1.807) is 16.2 Å². The molecule has 122 valence electrons. The largest absolute Gasteiger partial charge is 0.398 e. The Morgan fingerprint density at radius 3 is 2.83 bits per heavy atom. The minimum Gasteiger partial charge on any atom is -0.398 e. The lowest BCUT2D eigenvalue weighted by molar-refractivity contribution is 0.0787. The van der Waals surface area contributed by atoms with E-state index in [4.69, 9.17) is 10.5 Å². The monoisotopic (exact) mass is 331 g/mol. The van der Waals surface area contributed by atoms with Crippen LogP contribution >= 0.6 is 11.3 Å². The Labute approximate surface area is 140 Å². The maximum absolute atomic E-state index is 12.7. The molecular weight excluding hydrogens is 310 g/mol. The van der Waals surface area contributed by atoms with Gasteiger partial charge in [-0.2, -0.15) is 0 Å². The van der Waals surface area contributed by atoms with Crippen LogP contribution in [0.4, 0.5) is 11.4 Å². The van der Waals surface area contributed by atoms with E-state index < -0.39 is 0 Å². The van der Waals surface area contributed by atoms with E-state index in [1.165, 1.54) is 0 Å². The molecule has 0 spiro atoms. The first-order valence-corrected chi connectivity index (χ1v) is 8.53. The lowest BCUT2D eigenvalue weighted by Crippen LogP contribution is -2.36. The van der Waals surface area contributed by atoms with E-state index in [9.17, 15) is 4.79 Å². The molecular formula is C17H21N3O2S. The molecule has 3 rings (SSSR count). The fourth-order valence-corrected chi connectivity index (χ4v) is 3.42. The van der Waals surface area contributed by atoms with Gasteiger partial charge in [0.25, 0.3) is 5.91 Å². The smallest absolute Gasteiger partial charge is 0.256 e. The number of nitrogen functional groups attached to an aromatic ring is 1. The summed E-state index contributed by atoms with van der Waals surface area (Å²) in [7, 11) is 1.81. The lowest BCUT2D eigenvalue weighted by Gasteiger charge is -2.29. The second-order valence-corrected chi connectivity index (χ2v) is 6.64. The van der Waals surface area contributed by atoms with Crippen molar-refractivity contribution in [2.75, 3.05) is 44.0 Å². The van der Waals surface area contributed by atoms with E-state index in [0.717, 1.165) is 23.7 Å². The van der Waals surface area contributed by atoms with Gasteiger partial charge < -0.3 is 20.3 Å². The van der Waals surface area contributed by atoms with Crippen molar-refractivity contribution in [1.82, 2.24) is 4.90 Å². The van der Waals surface area contributed by atoms with Crippen LogP contribution < -0.4 is 10.6 Å². The first-order valence-electron chi connectivity index (χ1n) is 7.65. The summed E-state index contributed by atoms with van der Waals surface area (Å²) >= 11 is 1.65. The molecule has 0 bridgehead atoms. The Kier molecular flexibility index (Phi) is 4.83. The Morgan fingerprint density at radius 2 is 2.13 bits per heavy atom. The molecule has 0 aliphatic carbocycles. The Bertz CT molecular complexity index is 666. The Balaban J connectivity index is 1.78. The first kappa shape index (κ1) is 15.8. The molecule has 2 aromatic rings. The van der Waals surface area contributed by atoms with Crippen LogP contribution in [0, 0.1) is 0 Å². The van der Waals surface area contributed by atoms with Gasteiger partial charge in [0.15, 0.2) is 0 Å². The summed E-state index contributed by atoms with van der Waals surface area (Å²) < 4.78 is 5.38. The van der Waals surface area contributed by atoms with Gasteiger partial charge in [-0.15, -0.1) is 11.3 Å². The summed E-state index contributed by atoms with van der Waals surface area (Å²) in [6.07, 6.45) is 0. The zero-order valence-electron chi connectivity index (χ0n) is 13.2. The van der Waals surface area contributed by atoms with Crippen molar-refractivity contribution in [3.8, 4) is 0 Å². The molecule has 0 atom stereocenters. The molecule has 5 nitrogen and oxygen atoms in total. The number of morpholine rings is 1. The van der Waals surface area contributed by atoms with Crippen LogP contribution in [0.15, 0.2) is 35.7 Å². The number of nitrogens with two attached hydrogens (primary N) is 1. The van der Waals surface area contributed by atoms with Gasteiger partial charge >= 0.3 is 0 Å². The highest BCUT2D eigenvalue weighted by Gasteiger charge is 2.18. The van der Waals surface area contributed by atoms with Crippen LogP contribution in [0.5, 0.6) is 0 Å². The van der Waals surface area contributed by atoms with Crippen molar-refractivity contribution in [3.05, 3.63) is 46.2 Å². The van der Waals surface area contributed by atoms with E-state index in [1.807, 2.05) is 42.8 Å². The average molecular weight is 331 g/mol. The maximum atomic E-state index is 12.7. The van der Waals surface area contributed by atoms with E-state index in [0.29, 0.717) is 31.0 Å². The van der Waals surface area contributed by atoms with Crippen molar-refractivity contribution in [2.45, 2.75) is 6.54 Å². The Hall–Kier alpha value is -2.05. The van der Waals surface area contributed by atoms with E-state index in [2.05, 4.69) is 4.90 Å². The quantitative estimate of drug-likeness (QED) is 0.874. The number of hydrogen-bond donors (Lipinski definition) is 1. The molecule has 1 fully saturated rings. The number of hydrogen-bond acceptors (Lipinski definition) is 5. The van der Waals surface area contributed by atoms with Gasteiger partial charge in [0.2, 0.25) is 0 Å². The number of nitrogens with zero attached hydrogens (tertiary/aromatic N) is 2. The molecule has 0 saturated carbocycles. The van der Waals surface area contributed by atoms with E-state index >= 15 is 0 Å². The summed E-state index contributed by atoms with van der Waals surface area (Å²) in [4.78, 5) is 17.8. The fraction of sp³-hybridized carbons (Fsp3) is 0.353. The number of carbonyl (C=O) groups is 1. The van der Waals surface area contributed by atoms with Gasteiger partial charge in [-0.05, 0) is 29.6 Å². The van der Waals surface area contributed by atoms with Crippen LogP contribution in [0.1, 0.15) is 15.2 Å². The molecule has 1 aromatic heterocycles. The van der Waals surface area contributed by atoms with Gasteiger partial charge in [0.1, 0.15) is 0 Å². The average Bonchev–Trinajstić information content (AvgIpc) is 3.08. The third-order valence-corrected chi connectivity index (χ3v) is 4.82. The molecule has 6 heteroatoms. The third kappa shape index (κ3) is 3.65. The van der Waals surface area contributed by atoms with Crippen molar-refractivity contribution in [1.29, 1.82) is 0 Å². The molecule has 1 saturated heterocycles. The predicted octanol–water partition coefficient (Wildman–Crippen LogP) is 2.44. The zero-order valence-corrected chi connectivity index (χ0v) is 14.0. The standard InChI is InChI=1S/C17H21N3O2S/c1-19(12-14-3-2-10-23-14)17(21)15-11-13(4-5-16(15)18)20-6-8-22-9-7-20/h2-5,10-11H,6-9,12,18H2,1H3. The van der Waals surface area contributed by atoms with E-state index in [-0.39, 0.29) is 5.91 Å². The summed E-state index contributed by atoms with van der Waals surface area (Å²) in [5.74, 6) is -0.0500. The number of ether oxygens (including phenoxy) is 1. The highest BCUT2D eigenvalue weighted by Crippen LogP contribution is 2.24. The summed E-state index contributed by atoms with van der Waals surface area (Å²) in [5.41, 5.74) is 8.15. The third-order valence-electron chi connectivity index (χ3n) is 3.96. The van der Waals surface area contributed by atoms with Crippen LogP contribution in [0.3, 0.4) is 0 Å². The summed E-state index contributed by atoms with van der Waals surface area (Å²) in [5, 5.41) is 2.01. The molecule has 0 radical (unpaired) electrons. The molecule has 0 unspecified atom stereocenters.